The number of halogens is 1. The van der Waals surface area contributed by atoms with Crippen molar-refractivity contribution in [3.8, 4) is 0 Å². The Morgan fingerprint density at radius 2 is 2.06 bits per heavy atom. The summed E-state index contributed by atoms with van der Waals surface area (Å²) in [7, 11) is 0. The van der Waals surface area contributed by atoms with E-state index in [-0.39, 0.29) is 5.82 Å². The molecule has 0 aliphatic carbocycles. The van der Waals surface area contributed by atoms with E-state index in [0.29, 0.717) is 18.2 Å². The Bertz CT molecular complexity index is 503. The molecule has 0 bridgehead atoms. The standard InChI is InChI=1S/C11H12FN5/c12-9-3-1-2-8(4-9)5-15-10-6-14-7-11(16-10)17-13/h1-4,6-7H,5,13H2,(H2,15,16,17). The molecule has 0 spiro atoms. The van der Waals surface area contributed by atoms with Crippen LogP contribution >= 0.6 is 0 Å². The summed E-state index contributed by atoms with van der Waals surface area (Å²) in [6, 6.07) is 6.36. The van der Waals surface area contributed by atoms with E-state index < -0.39 is 0 Å². The van der Waals surface area contributed by atoms with Gasteiger partial charge in [-0.3, -0.25) is 4.98 Å². The van der Waals surface area contributed by atoms with Crippen LogP contribution in [-0.2, 0) is 6.54 Å². The Morgan fingerprint density at radius 3 is 2.82 bits per heavy atom. The van der Waals surface area contributed by atoms with Crippen LogP contribution in [0.1, 0.15) is 5.56 Å². The second-order valence-corrected chi connectivity index (χ2v) is 3.42. The average Bonchev–Trinajstić information content (AvgIpc) is 2.37. The number of hydrazine groups is 1. The van der Waals surface area contributed by atoms with Gasteiger partial charge in [0.1, 0.15) is 11.6 Å². The van der Waals surface area contributed by atoms with Crippen molar-refractivity contribution in [3.05, 3.63) is 48.0 Å². The molecular weight excluding hydrogens is 221 g/mol. The van der Waals surface area contributed by atoms with Gasteiger partial charge in [0, 0.05) is 6.54 Å². The molecule has 0 amide bonds. The molecule has 4 N–H and O–H groups in total. The first-order valence-corrected chi connectivity index (χ1v) is 5.05. The molecule has 1 heterocycles. The maximum Gasteiger partial charge on any atom is 0.160 e. The quantitative estimate of drug-likeness (QED) is 0.551. The fourth-order valence-corrected chi connectivity index (χ4v) is 1.36. The molecule has 0 saturated carbocycles. The summed E-state index contributed by atoms with van der Waals surface area (Å²) in [5.74, 6) is 6.00. The molecule has 0 atom stereocenters. The van der Waals surface area contributed by atoms with Crippen LogP contribution in [0, 0.1) is 5.82 Å². The number of hydrogen-bond donors (Lipinski definition) is 3. The van der Waals surface area contributed by atoms with Crippen LogP contribution in [0.5, 0.6) is 0 Å². The second-order valence-electron chi connectivity index (χ2n) is 3.42. The van der Waals surface area contributed by atoms with E-state index in [1.807, 2.05) is 6.07 Å². The van der Waals surface area contributed by atoms with Crippen molar-refractivity contribution < 1.29 is 4.39 Å². The zero-order valence-electron chi connectivity index (χ0n) is 9.02. The van der Waals surface area contributed by atoms with Crippen LogP contribution in [0.25, 0.3) is 0 Å². The molecule has 5 nitrogen and oxygen atoms in total. The van der Waals surface area contributed by atoms with Crippen molar-refractivity contribution in [1.29, 1.82) is 0 Å². The van der Waals surface area contributed by atoms with Crippen molar-refractivity contribution in [1.82, 2.24) is 9.97 Å². The van der Waals surface area contributed by atoms with Gasteiger partial charge in [-0.1, -0.05) is 12.1 Å². The minimum absolute atomic E-state index is 0.257. The van der Waals surface area contributed by atoms with Crippen molar-refractivity contribution in [2.75, 3.05) is 10.7 Å². The minimum Gasteiger partial charge on any atom is -0.365 e. The first kappa shape index (κ1) is 11.3. The number of nitrogens with zero attached hydrogens (tertiary/aromatic N) is 2. The largest absolute Gasteiger partial charge is 0.365 e. The van der Waals surface area contributed by atoms with E-state index in [1.165, 1.54) is 18.3 Å². The Hall–Kier alpha value is -2.21. The molecule has 0 aliphatic rings. The van der Waals surface area contributed by atoms with Crippen LogP contribution < -0.4 is 16.6 Å². The second kappa shape index (κ2) is 5.22. The van der Waals surface area contributed by atoms with Crippen molar-refractivity contribution in [2.24, 2.45) is 5.84 Å². The third kappa shape index (κ3) is 3.12. The van der Waals surface area contributed by atoms with Gasteiger partial charge in [0.15, 0.2) is 5.82 Å². The first-order chi connectivity index (χ1) is 8.28. The summed E-state index contributed by atoms with van der Waals surface area (Å²) in [5, 5.41) is 3.03. The normalized spacial score (nSPS) is 10.0. The molecule has 0 aliphatic heterocycles. The number of hydrogen-bond acceptors (Lipinski definition) is 5. The average molecular weight is 233 g/mol. The van der Waals surface area contributed by atoms with Crippen LogP contribution in [0.4, 0.5) is 16.0 Å². The highest BCUT2D eigenvalue weighted by atomic mass is 19.1. The van der Waals surface area contributed by atoms with E-state index >= 15 is 0 Å². The first-order valence-electron chi connectivity index (χ1n) is 5.05. The zero-order chi connectivity index (χ0) is 12.1. The van der Waals surface area contributed by atoms with Crippen molar-refractivity contribution in [3.63, 3.8) is 0 Å². The van der Waals surface area contributed by atoms with Gasteiger partial charge in [0.05, 0.1) is 12.4 Å². The molecule has 1 aromatic heterocycles. The monoisotopic (exact) mass is 233 g/mol. The zero-order valence-corrected chi connectivity index (χ0v) is 9.02. The van der Waals surface area contributed by atoms with E-state index in [4.69, 9.17) is 5.84 Å². The van der Waals surface area contributed by atoms with Crippen LogP contribution in [-0.4, -0.2) is 9.97 Å². The maximum atomic E-state index is 12.9. The third-order valence-corrected chi connectivity index (χ3v) is 2.15. The molecule has 0 radical (unpaired) electrons. The lowest BCUT2D eigenvalue weighted by Gasteiger charge is -2.06. The third-order valence-electron chi connectivity index (χ3n) is 2.15. The predicted molar refractivity (Wildman–Crippen MR) is 63.6 cm³/mol. The molecule has 1 aromatic carbocycles. The predicted octanol–water partition coefficient (Wildman–Crippen LogP) is 1.51. The molecule has 17 heavy (non-hydrogen) atoms. The number of nitrogens with one attached hydrogen (secondary N) is 2. The van der Waals surface area contributed by atoms with Gasteiger partial charge in [-0.15, -0.1) is 0 Å². The Balaban J connectivity index is 2.02. The van der Waals surface area contributed by atoms with Gasteiger partial charge in [0.25, 0.3) is 0 Å². The number of aromatic nitrogens is 2. The summed E-state index contributed by atoms with van der Waals surface area (Å²) < 4.78 is 12.9. The summed E-state index contributed by atoms with van der Waals surface area (Å²) in [6.07, 6.45) is 3.08. The number of rotatable bonds is 4. The van der Waals surface area contributed by atoms with Gasteiger partial charge >= 0.3 is 0 Å². The summed E-state index contributed by atoms with van der Waals surface area (Å²) in [4.78, 5) is 8.07. The number of nitrogen functional groups attached to an aromatic ring is 1. The van der Waals surface area contributed by atoms with E-state index in [1.54, 1.807) is 12.3 Å². The summed E-state index contributed by atoms with van der Waals surface area (Å²) in [5.41, 5.74) is 3.23. The minimum atomic E-state index is -0.257. The Morgan fingerprint density at radius 1 is 1.24 bits per heavy atom. The smallest absolute Gasteiger partial charge is 0.160 e. The highest BCUT2D eigenvalue weighted by molar-refractivity contribution is 5.41. The highest BCUT2D eigenvalue weighted by Crippen LogP contribution is 2.08. The number of anilines is 2. The molecule has 0 saturated heterocycles. The van der Waals surface area contributed by atoms with Crippen LogP contribution in [0.3, 0.4) is 0 Å². The van der Waals surface area contributed by atoms with Crippen molar-refractivity contribution in [2.45, 2.75) is 6.54 Å². The Labute approximate surface area is 97.9 Å². The molecule has 6 heteroatoms. The highest BCUT2D eigenvalue weighted by Gasteiger charge is 1.98. The maximum absolute atomic E-state index is 12.9. The molecule has 2 aromatic rings. The van der Waals surface area contributed by atoms with Gasteiger partial charge in [-0.2, -0.15) is 0 Å². The van der Waals surface area contributed by atoms with Crippen molar-refractivity contribution >= 4 is 11.6 Å². The Kier molecular flexibility index (Phi) is 3.46. The molecule has 88 valence electrons. The SMILES string of the molecule is NNc1cncc(NCc2cccc(F)c2)n1. The fourth-order valence-electron chi connectivity index (χ4n) is 1.36. The molecular formula is C11H12FN5. The number of nitrogens with two attached hydrogens (primary N) is 1. The number of benzene rings is 1. The van der Waals surface area contributed by atoms with E-state index in [0.717, 1.165) is 5.56 Å². The molecule has 0 fully saturated rings. The van der Waals surface area contributed by atoms with Gasteiger partial charge in [0.2, 0.25) is 0 Å². The van der Waals surface area contributed by atoms with Crippen LogP contribution in [0.2, 0.25) is 0 Å². The molecule has 2 rings (SSSR count). The van der Waals surface area contributed by atoms with Crippen LogP contribution in [0.15, 0.2) is 36.7 Å². The summed E-state index contributed by atoms with van der Waals surface area (Å²) >= 11 is 0. The fraction of sp³-hybridized carbons (Fsp3) is 0.0909. The van der Waals surface area contributed by atoms with E-state index in [2.05, 4.69) is 20.7 Å². The van der Waals surface area contributed by atoms with Gasteiger partial charge in [-0.05, 0) is 17.7 Å². The lowest BCUT2D eigenvalue weighted by Crippen LogP contribution is -2.10. The van der Waals surface area contributed by atoms with E-state index in [9.17, 15) is 4.39 Å². The lowest BCUT2D eigenvalue weighted by molar-refractivity contribution is 0.626. The van der Waals surface area contributed by atoms with Gasteiger partial charge in [-0.25, -0.2) is 15.2 Å². The van der Waals surface area contributed by atoms with Gasteiger partial charge < -0.3 is 10.7 Å². The molecule has 0 unspecified atom stereocenters. The lowest BCUT2D eigenvalue weighted by atomic mass is 10.2. The summed E-state index contributed by atoms with van der Waals surface area (Å²) in [6.45, 7) is 0.473. The topological polar surface area (TPSA) is 75.9 Å².